The number of carbonyl (C=O) groups is 1. The van der Waals surface area contributed by atoms with Crippen LogP contribution in [0.15, 0.2) is 54.6 Å². The summed E-state index contributed by atoms with van der Waals surface area (Å²) in [6, 6.07) is 17.1. The second kappa shape index (κ2) is 8.85. The first-order valence-corrected chi connectivity index (χ1v) is 7.54. The molecule has 0 radical (unpaired) electrons. The fourth-order valence-corrected chi connectivity index (χ4v) is 2.01. The minimum atomic E-state index is -0.0486. The summed E-state index contributed by atoms with van der Waals surface area (Å²) in [5.41, 5.74) is 7.11. The van der Waals surface area contributed by atoms with Crippen LogP contribution < -0.4 is 15.8 Å². The number of nitrogens with one attached hydrogen (secondary N) is 1. The highest BCUT2D eigenvalue weighted by Gasteiger charge is 2.04. The van der Waals surface area contributed by atoms with Crippen molar-refractivity contribution in [2.24, 2.45) is 5.73 Å². The molecular formula is C18H22N2O2. The molecule has 0 spiro atoms. The lowest BCUT2D eigenvalue weighted by molar-refractivity contribution is 0.0953. The van der Waals surface area contributed by atoms with Crippen LogP contribution >= 0.6 is 0 Å². The summed E-state index contributed by atoms with van der Waals surface area (Å²) in [5.74, 6) is 0.789. The lowest BCUT2D eigenvalue weighted by Gasteiger charge is -2.08. The van der Waals surface area contributed by atoms with Gasteiger partial charge in [0.05, 0.1) is 0 Å². The van der Waals surface area contributed by atoms with Gasteiger partial charge in [-0.05, 0) is 49.2 Å². The van der Waals surface area contributed by atoms with Crippen LogP contribution in [0.4, 0.5) is 0 Å². The third kappa shape index (κ3) is 5.22. The molecule has 2 rings (SSSR count). The van der Waals surface area contributed by atoms with Crippen LogP contribution in [0, 0.1) is 0 Å². The van der Waals surface area contributed by atoms with Crippen LogP contribution in [0.25, 0.3) is 0 Å². The van der Waals surface area contributed by atoms with E-state index in [1.54, 1.807) is 0 Å². The Morgan fingerprint density at radius 1 is 1.00 bits per heavy atom. The first-order chi connectivity index (χ1) is 10.8. The number of ether oxygens (including phenoxy) is 1. The van der Waals surface area contributed by atoms with Crippen molar-refractivity contribution in [2.75, 3.05) is 13.1 Å². The molecule has 0 bridgehead atoms. The van der Waals surface area contributed by atoms with Crippen molar-refractivity contribution in [3.63, 3.8) is 0 Å². The molecule has 0 aromatic heterocycles. The molecular weight excluding hydrogens is 276 g/mol. The molecule has 2 aromatic rings. The lowest BCUT2D eigenvalue weighted by Crippen LogP contribution is -2.24. The minimum absolute atomic E-state index is 0.0486. The number of hydrogen-bond acceptors (Lipinski definition) is 3. The van der Waals surface area contributed by atoms with Crippen LogP contribution in [0.3, 0.4) is 0 Å². The Morgan fingerprint density at radius 2 is 1.73 bits per heavy atom. The normalized spacial score (nSPS) is 10.2. The third-order valence-corrected chi connectivity index (χ3v) is 3.28. The molecule has 0 atom stereocenters. The maximum Gasteiger partial charge on any atom is 0.251 e. The van der Waals surface area contributed by atoms with Gasteiger partial charge >= 0.3 is 0 Å². The van der Waals surface area contributed by atoms with E-state index < -0.39 is 0 Å². The largest absolute Gasteiger partial charge is 0.489 e. The molecule has 4 nitrogen and oxygen atoms in total. The van der Waals surface area contributed by atoms with Crippen molar-refractivity contribution in [1.82, 2.24) is 5.32 Å². The van der Waals surface area contributed by atoms with Crippen LogP contribution in [0.1, 0.15) is 28.8 Å². The third-order valence-electron chi connectivity index (χ3n) is 3.28. The molecule has 0 fully saturated rings. The van der Waals surface area contributed by atoms with Crippen molar-refractivity contribution >= 4 is 5.91 Å². The summed E-state index contributed by atoms with van der Waals surface area (Å²) in [6.45, 7) is 1.81. The molecule has 0 heterocycles. The van der Waals surface area contributed by atoms with Gasteiger partial charge in [0.25, 0.3) is 5.91 Å². The van der Waals surface area contributed by atoms with Gasteiger partial charge in [0.15, 0.2) is 0 Å². The monoisotopic (exact) mass is 298 g/mol. The highest BCUT2D eigenvalue weighted by Crippen LogP contribution is 2.12. The van der Waals surface area contributed by atoms with E-state index in [2.05, 4.69) is 5.32 Å². The number of rotatable bonds is 8. The highest BCUT2D eigenvalue weighted by molar-refractivity contribution is 5.94. The Hall–Kier alpha value is -2.33. The van der Waals surface area contributed by atoms with Gasteiger partial charge in [0.1, 0.15) is 12.4 Å². The van der Waals surface area contributed by atoms with Gasteiger partial charge in [0, 0.05) is 12.1 Å². The van der Waals surface area contributed by atoms with E-state index in [0.29, 0.717) is 25.3 Å². The predicted molar refractivity (Wildman–Crippen MR) is 87.8 cm³/mol. The second-order valence-electron chi connectivity index (χ2n) is 5.05. The van der Waals surface area contributed by atoms with Crippen LogP contribution in [-0.4, -0.2) is 19.0 Å². The number of para-hydroxylation sites is 1. The zero-order valence-corrected chi connectivity index (χ0v) is 12.6. The van der Waals surface area contributed by atoms with Gasteiger partial charge in [-0.2, -0.15) is 0 Å². The Labute approximate surface area is 131 Å². The molecule has 4 heteroatoms. The summed E-state index contributed by atoms with van der Waals surface area (Å²) in [4.78, 5) is 11.9. The van der Waals surface area contributed by atoms with Gasteiger partial charge in [-0.1, -0.05) is 30.3 Å². The van der Waals surface area contributed by atoms with E-state index in [-0.39, 0.29) is 5.91 Å². The van der Waals surface area contributed by atoms with Crippen LogP contribution in [-0.2, 0) is 6.61 Å². The van der Waals surface area contributed by atoms with Crippen LogP contribution in [0.5, 0.6) is 5.75 Å². The van der Waals surface area contributed by atoms with Gasteiger partial charge in [-0.15, -0.1) is 0 Å². The second-order valence-corrected chi connectivity index (χ2v) is 5.05. The standard InChI is InChI=1S/C18H22N2O2/c19-12-4-5-13-20-18(21)16-10-8-15(9-11-16)14-22-17-6-2-1-3-7-17/h1-3,6-11H,4-5,12-14,19H2,(H,20,21). The summed E-state index contributed by atoms with van der Waals surface area (Å²) in [6.07, 6.45) is 1.83. The molecule has 0 aliphatic heterocycles. The Kier molecular flexibility index (Phi) is 6.45. The summed E-state index contributed by atoms with van der Waals surface area (Å²) in [5, 5.41) is 2.89. The fourth-order valence-electron chi connectivity index (χ4n) is 2.01. The van der Waals surface area contributed by atoms with Crippen molar-refractivity contribution in [3.05, 3.63) is 65.7 Å². The van der Waals surface area contributed by atoms with Crippen molar-refractivity contribution < 1.29 is 9.53 Å². The first kappa shape index (κ1) is 16.0. The van der Waals surface area contributed by atoms with Gasteiger partial charge < -0.3 is 15.8 Å². The van der Waals surface area contributed by atoms with E-state index >= 15 is 0 Å². The van der Waals surface area contributed by atoms with E-state index in [1.165, 1.54) is 0 Å². The smallest absolute Gasteiger partial charge is 0.251 e. The molecule has 0 saturated heterocycles. The molecule has 0 aliphatic carbocycles. The van der Waals surface area contributed by atoms with Crippen molar-refractivity contribution in [2.45, 2.75) is 19.4 Å². The molecule has 3 N–H and O–H groups in total. The number of nitrogens with two attached hydrogens (primary N) is 1. The quantitative estimate of drug-likeness (QED) is 0.737. The Bertz CT molecular complexity index is 567. The predicted octanol–water partition coefficient (Wildman–Crippen LogP) is 2.73. The number of unbranched alkanes of at least 4 members (excludes halogenated alkanes) is 1. The number of carbonyl (C=O) groups excluding carboxylic acids is 1. The van der Waals surface area contributed by atoms with E-state index in [9.17, 15) is 4.79 Å². The topological polar surface area (TPSA) is 64.3 Å². The zero-order valence-electron chi connectivity index (χ0n) is 12.6. The average Bonchev–Trinajstić information content (AvgIpc) is 2.58. The molecule has 22 heavy (non-hydrogen) atoms. The SMILES string of the molecule is NCCCCNC(=O)c1ccc(COc2ccccc2)cc1. The number of amides is 1. The van der Waals surface area contributed by atoms with Gasteiger partial charge in [-0.3, -0.25) is 4.79 Å². The number of benzene rings is 2. The van der Waals surface area contributed by atoms with E-state index in [0.717, 1.165) is 24.2 Å². The Morgan fingerprint density at radius 3 is 2.41 bits per heavy atom. The highest BCUT2D eigenvalue weighted by atomic mass is 16.5. The maximum atomic E-state index is 11.9. The van der Waals surface area contributed by atoms with E-state index in [1.807, 2.05) is 54.6 Å². The first-order valence-electron chi connectivity index (χ1n) is 7.54. The molecule has 2 aromatic carbocycles. The molecule has 116 valence electrons. The summed E-state index contributed by atoms with van der Waals surface area (Å²) in [7, 11) is 0. The van der Waals surface area contributed by atoms with E-state index in [4.69, 9.17) is 10.5 Å². The van der Waals surface area contributed by atoms with Gasteiger partial charge in [-0.25, -0.2) is 0 Å². The molecule has 0 aliphatic rings. The van der Waals surface area contributed by atoms with Gasteiger partial charge in [0.2, 0.25) is 0 Å². The van der Waals surface area contributed by atoms with Crippen molar-refractivity contribution in [3.8, 4) is 5.75 Å². The van der Waals surface area contributed by atoms with Crippen LogP contribution in [0.2, 0.25) is 0 Å². The average molecular weight is 298 g/mol. The minimum Gasteiger partial charge on any atom is -0.489 e. The van der Waals surface area contributed by atoms with Crippen molar-refractivity contribution in [1.29, 1.82) is 0 Å². The lowest BCUT2D eigenvalue weighted by atomic mass is 10.1. The summed E-state index contributed by atoms with van der Waals surface area (Å²) >= 11 is 0. The Balaban J connectivity index is 1.81. The fraction of sp³-hybridized carbons (Fsp3) is 0.278. The summed E-state index contributed by atoms with van der Waals surface area (Å²) < 4.78 is 5.67. The zero-order chi connectivity index (χ0) is 15.6. The maximum absolute atomic E-state index is 11.9. The molecule has 0 unspecified atom stereocenters. The molecule has 0 saturated carbocycles. The number of hydrogen-bond donors (Lipinski definition) is 2. The molecule has 1 amide bonds.